The quantitative estimate of drug-likeness (QED) is 0.858. The zero-order valence-corrected chi connectivity index (χ0v) is 13.7. The second-order valence-corrected chi connectivity index (χ2v) is 5.98. The summed E-state index contributed by atoms with van der Waals surface area (Å²) in [6.45, 7) is 7.83. The molecule has 1 fully saturated rings. The molecule has 0 spiro atoms. The average molecular weight is 313 g/mol. The van der Waals surface area contributed by atoms with Gasteiger partial charge in [0.1, 0.15) is 12.4 Å². The highest BCUT2D eigenvalue weighted by Crippen LogP contribution is 2.20. The van der Waals surface area contributed by atoms with Crippen LogP contribution in [0.3, 0.4) is 0 Å². The van der Waals surface area contributed by atoms with E-state index in [-0.39, 0.29) is 5.91 Å². The molecule has 3 heterocycles. The van der Waals surface area contributed by atoms with Gasteiger partial charge in [0.15, 0.2) is 0 Å². The Morgan fingerprint density at radius 3 is 2.65 bits per heavy atom. The van der Waals surface area contributed by atoms with E-state index >= 15 is 0 Å². The highest BCUT2D eigenvalue weighted by Gasteiger charge is 2.24. The molecule has 1 aliphatic heterocycles. The number of amides is 1. The van der Waals surface area contributed by atoms with Crippen molar-refractivity contribution in [2.45, 2.75) is 26.4 Å². The van der Waals surface area contributed by atoms with E-state index in [2.05, 4.69) is 27.9 Å². The zero-order valence-electron chi connectivity index (χ0n) is 13.7. The van der Waals surface area contributed by atoms with Gasteiger partial charge in [0.2, 0.25) is 5.91 Å². The molecule has 23 heavy (non-hydrogen) atoms. The van der Waals surface area contributed by atoms with Gasteiger partial charge in [0.05, 0.1) is 0 Å². The lowest BCUT2D eigenvalue weighted by Crippen LogP contribution is -2.50. The molecule has 1 atom stereocenters. The average Bonchev–Trinajstić information content (AvgIpc) is 3.00. The molecule has 1 saturated heterocycles. The number of pyridine rings is 1. The van der Waals surface area contributed by atoms with E-state index in [9.17, 15) is 4.79 Å². The number of nitrogens with zero attached hydrogens (tertiary/aromatic N) is 5. The molecule has 0 radical (unpaired) electrons. The highest BCUT2D eigenvalue weighted by molar-refractivity contribution is 5.76. The Balaban J connectivity index is 1.54. The van der Waals surface area contributed by atoms with Gasteiger partial charge >= 0.3 is 0 Å². The van der Waals surface area contributed by atoms with Crippen molar-refractivity contribution in [1.82, 2.24) is 24.3 Å². The third-order valence-corrected chi connectivity index (χ3v) is 4.61. The van der Waals surface area contributed by atoms with E-state index in [0.29, 0.717) is 12.6 Å². The third-order valence-electron chi connectivity index (χ3n) is 4.61. The molecule has 1 amide bonds. The number of piperazine rings is 1. The van der Waals surface area contributed by atoms with Crippen molar-refractivity contribution in [3.8, 4) is 0 Å². The van der Waals surface area contributed by atoms with E-state index in [1.165, 1.54) is 5.56 Å². The van der Waals surface area contributed by atoms with Crippen LogP contribution in [0, 0.1) is 6.92 Å². The minimum absolute atomic E-state index is 0.166. The molecule has 0 N–H and O–H groups in total. The second kappa shape index (κ2) is 6.91. The van der Waals surface area contributed by atoms with E-state index in [1.807, 2.05) is 34.9 Å². The summed E-state index contributed by atoms with van der Waals surface area (Å²) in [5, 5.41) is 0. The molecule has 1 unspecified atom stereocenters. The molecule has 1 aliphatic rings. The molecule has 0 saturated carbocycles. The summed E-state index contributed by atoms with van der Waals surface area (Å²) in [4.78, 5) is 25.1. The smallest absolute Gasteiger partial charge is 0.242 e. The lowest BCUT2D eigenvalue weighted by atomic mass is 10.1. The van der Waals surface area contributed by atoms with Crippen LogP contribution in [0.25, 0.3) is 0 Å². The fourth-order valence-electron chi connectivity index (χ4n) is 3.01. The fourth-order valence-corrected chi connectivity index (χ4v) is 3.01. The van der Waals surface area contributed by atoms with Crippen LogP contribution in [0.5, 0.6) is 0 Å². The number of aryl methyl sites for hydroxylation is 1. The summed E-state index contributed by atoms with van der Waals surface area (Å²) in [5.74, 6) is 1.04. The Morgan fingerprint density at radius 2 is 2.04 bits per heavy atom. The first-order chi connectivity index (χ1) is 11.1. The molecule has 6 nitrogen and oxygen atoms in total. The predicted octanol–water partition coefficient (Wildman–Crippen LogP) is 1.49. The zero-order chi connectivity index (χ0) is 16.2. The summed E-state index contributed by atoms with van der Waals surface area (Å²) < 4.78 is 1.90. The largest absolute Gasteiger partial charge is 0.339 e. The molecule has 2 aromatic rings. The predicted molar refractivity (Wildman–Crippen MR) is 87.8 cm³/mol. The van der Waals surface area contributed by atoms with Gasteiger partial charge in [-0.3, -0.25) is 14.7 Å². The van der Waals surface area contributed by atoms with Gasteiger partial charge < -0.3 is 9.47 Å². The van der Waals surface area contributed by atoms with Crippen molar-refractivity contribution >= 4 is 5.91 Å². The van der Waals surface area contributed by atoms with Crippen LogP contribution >= 0.6 is 0 Å². The number of imidazole rings is 1. The SMILES string of the molecule is Cc1nccn1CC(=O)N1CCN(C(C)c2cccnc2)CC1. The minimum atomic E-state index is 0.166. The van der Waals surface area contributed by atoms with Gasteiger partial charge in [-0.1, -0.05) is 6.07 Å². The molecule has 2 aromatic heterocycles. The summed E-state index contributed by atoms with van der Waals surface area (Å²) in [7, 11) is 0. The van der Waals surface area contributed by atoms with Gasteiger partial charge in [0, 0.05) is 57.0 Å². The lowest BCUT2D eigenvalue weighted by Gasteiger charge is -2.38. The molecular weight excluding hydrogens is 290 g/mol. The first-order valence-corrected chi connectivity index (χ1v) is 8.04. The van der Waals surface area contributed by atoms with Crippen LogP contribution in [0.15, 0.2) is 36.9 Å². The van der Waals surface area contributed by atoms with E-state index in [1.54, 1.807) is 12.4 Å². The Morgan fingerprint density at radius 1 is 1.26 bits per heavy atom. The van der Waals surface area contributed by atoms with Crippen molar-refractivity contribution in [2.24, 2.45) is 0 Å². The first kappa shape index (κ1) is 15.7. The second-order valence-electron chi connectivity index (χ2n) is 5.98. The van der Waals surface area contributed by atoms with Gasteiger partial charge in [-0.15, -0.1) is 0 Å². The third kappa shape index (κ3) is 3.59. The van der Waals surface area contributed by atoms with Gasteiger partial charge in [-0.25, -0.2) is 4.98 Å². The highest BCUT2D eigenvalue weighted by atomic mass is 16.2. The van der Waals surface area contributed by atoms with Crippen LogP contribution in [-0.2, 0) is 11.3 Å². The maximum absolute atomic E-state index is 12.4. The van der Waals surface area contributed by atoms with Crippen LogP contribution in [-0.4, -0.2) is 56.4 Å². The monoisotopic (exact) mass is 313 g/mol. The number of hydrogen-bond acceptors (Lipinski definition) is 4. The van der Waals surface area contributed by atoms with Crippen LogP contribution < -0.4 is 0 Å². The van der Waals surface area contributed by atoms with Crippen molar-refractivity contribution in [2.75, 3.05) is 26.2 Å². The van der Waals surface area contributed by atoms with Crippen molar-refractivity contribution in [3.63, 3.8) is 0 Å². The van der Waals surface area contributed by atoms with E-state index < -0.39 is 0 Å². The summed E-state index contributed by atoms with van der Waals surface area (Å²) in [6, 6.07) is 4.41. The maximum atomic E-state index is 12.4. The number of carbonyl (C=O) groups excluding carboxylic acids is 1. The molecule has 6 heteroatoms. The molecular formula is C17H23N5O. The molecule has 3 rings (SSSR count). The summed E-state index contributed by atoms with van der Waals surface area (Å²) in [5.41, 5.74) is 1.22. The van der Waals surface area contributed by atoms with Crippen LogP contribution in [0.4, 0.5) is 0 Å². The summed E-state index contributed by atoms with van der Waals surface area (Å²) >= 11 is 0. The van der Waals surface area contributed by atoms with Gasteiger partial charge in [-0.2, -0.15) is 0 Å². The number of carbonyl (C=O) groups is 1. The standard InChI is InChI=1S/C17H23N5O/c1-14(16-4-3-5-18-12-16)20-8-10-21(11-9-20)17(23)13-22-7-6-19-15(22)2/h3-7,12,14H,8-11,13H2,1-2H3. The Bertz CT molecular complexity index is 646. The molecule has 0 bridgehead atoms. The Hall–Kier alpha value is -2.21. The van der Waals surface area contributed by atoms with E-state index in [4.69, 9.17) is 0 Å². The molecule has 122 valence electrons. The number of hydrogen-bond donors (Lipinski definition) is 0. The van der Waals surface area contributed by atoms with E-state index in [0.717, 1.165) is 32.0 Å². The fraction of sp³-hybridized carbons (Fsp3) is 0.471. The van der Waals surface area contributed by atoms with Gasteiger partial charge in [0.25, 0.3) is 0 Å². The van der Waals surface area contributed by atoms with Crippen molar-refractivity contribution < 1.29 is 4.79 Å². The number of rotatable bonds is 4. The Labute approximate surface area is 136 Å². The molecule has 0 aliphatic carbocycles. The van der Waals surface area contributed by atoms with Crippen molar-refractivity contribution in [3.05, 3.63) is 48.3 Å². The van der Waals surface area contributed by atoms with Gasteiger partial charge in [-0.05, 0) is 25.5 Å². The van der Waals surface area contributed by atoms with Crippen LogP contribution in [0.1, 0.15) is 24.4 Å². The molecule has 0 aromatic carbocycles. The van der Waals surface area contributed by atoms with Crippen LogP contribution in [0.2, 0.25) is 0 Å². The Kier molecular flexibility index (Phi) is 4.71. The minimum Gasteiger partial charge on any atom is -0.339 e. The number of aromatic nitrogens is 3. The normalized spacial score (nSPS) is 17.2. The summed E-state index contributed by atoms with van der Waals surface area (Å²) in [6.07, 6.45) is 7.30. The maximum Gasteiger partial charge on any atom is 0.242 e. The topological polar surface area (TPSA) is 54.3 Å². The van der Waals surface area contributed by atoms with Crippen molar-refractivity contribution in [1.29, 1.82) is 0 Å². The lowest BCUT2D eigenvalue weighted by molar-refractivity contribution is -0.133. The first-order valence-electron chi connectivity index (χ1n) is 8.04.